The Morgan fingerprint density at radius 1 is 0.824 bits per heavy atom. The first kappa shape index (κ1) is 20.8. The van der Waals surface area contributed by atoms with Gasteiger partial charge < -0.3 is 19.4 Å². The van der Waals surface area contributed by atoms with Crippen molar-refractivity contribution in [3.63, 3.8) is 0 Å². The number of fused-ring (bicyclic) bond motifs is 1. The number of carbonyl (C=O) groups is 2. The number of ether oxygens (including phenoxy) is 2. The van der Waals surface area contributed by atoms with Crippen molar-refractivity contribution < 1.29 is 19.1 Å². The summed E-state index contributed by atoms with van der Waals surface area (Å²) in [6.45, 7) is 0. The monoisotopic (exact) mass is 454 g/mol. The van der Waals surface area contributed by atoms with Gasteiger partial charge in [-0.25, -0.2) is 14.8 Å². The minimum atomic E-state index is -0.728. The lowest BCUT2D eigenvalue weighted by Crippen LogP contribution is -2.17. The zero-order valence-corrected chi connectivity index (χ0v) is 17.6. The van der Waals surface area contributed by atoms with Crippen molar-refractivity contribution in [1.82, 2.24) is 19.9 Å². The number of nitrogens with one attached hydrogen (secondary N) is 4. The Labute approximate surface area is 193 Å². The highest BCUT2D eigenvalue weighted by molar-refractivity contribution is 6.04. The third-order valence-corrected chi connectivity index (χ3v) is 4.72. The standard InChI is InChI=1S/C24H18N6O4/c31-21(15-9-11-17(12-10-15)33-16-5-2-1-3-6-16)29-23-27-18-7-4-8-19(20(18)28-23)34-24(32)30-22-25-13-14-26-22/h1-14H,(H2,25,26,30,32)(H2,27,28,29,31). The van der Waals surface area contributed by atoms with Crippen LogP contribution in [0.4, 0.5) is 16.7 Å². The van der Waals surface area contributed by atoms with E-state index in [-0.39, 0.29) is 23.6 Å². The number of H-pyrrole nitrogens is 2. The fourth-order valence-electron chi connectivity index (χ4n) is 3.18. The minimum Gasteiger partial charge on any atom is -0.457 e. The maximum atomic E-state index is 12.7. The number of benzene rings is 3. The molecule has 10 heteroatoms. The summed E-state index contributed by atoms with van der Waals surface area (Å²) in [6.07, 6.45) is 2.35. The number of carbonyl (C=O) groups excluding carboxylic acids is 2. The van der Waals surface area contributed by atoms with E-state index in [0.717, 1.165) is 0 Å². The second-order valence-corrected chi connectivity index (χ2v) is 7.08. The van der Waals surface area contributed by atoms with Crippen molar-refractivity contribution in [3.8, 4) is 17.2 Å². The van der Waals surface area contributed by atoms with Gasteiger partial charge in [-0.3, -0.25) is 15.4 Å². The van der Waals surface area contributed by atoms with Gasteiger partial charge in [-0.05, 0) is 48.5 Å². The average molecular weight is 454 g/mol. The van der Waals surface area contributed by atoms with E-state index < -0.39 is 6.09 Å². The number of hydrogen-bond donors (Lipinski definition) is 4. The van der Waals surface area contributed by atoms with Crippen LogP contribution in [-0.4, -0.2) is 31.9 Å². The summed E-state index contributed by atoms with van der Waals surface area (Å²) in [5, 5.41) is 5.19. The number of rotatable bonds is 6. The van der Waals surface area contributed by atoms with Crippen molar-refractivity contribution >= 4 is 34.9 Å². The fraction of sp³-hybridized carbons (Fsp3) is 0. The first-order valence-electron chi connectivity index (χ1n) is 10.3. The molecule has 0 saturated carbocycles. The number of hydrogen-bond acceptors (Lipinski definition) is 6. The topological polar surface area (TPSA) is 134 Å². The van der Waals surface area contributed by atoms with Crippen molar-refractivity contribution in [3.05, 3.63) is 90.8 Å². The molecule has 2 aromatic heterocycles. The van der Waals surface area contributed by atoms with Crippen LogP contribution in [-0.2, 0) is 0 Å². The van der Waals surface area contributed by atoms with Gasteiger partial charge in [0.15, 0.2) is 5.75 Å². The van der Waals surface area contributed by atoms with Gasteiger partial charge in [0.1, 0.15) is 17.0 Å². The average Bonchev–Trinajstić information content (AvgIpc) is 3.50. The summed E-state index contributed by atoms with van der Waals surface area (Å²) >= 11 is 0. The van der Waals surface area contributed by atoms with Crippen LogP contribution in [0.3, 0.4) is 0 Å². The molecule has 0 saturated heterocycles. The molecule has 5 rings (SSSR count). The Bertz CT molecular complexity index is 1430. The van der Waals surface area contributed by atoms with Crippen LogP contribution in [0.25, 0.3) is 11.0 Å². The predicted octanol–water partition coefficient (Wildman–Crippen LogP) is 4.94. The van der Waals surface area contributed by atoms with Crippen LogP contribution in [0.1, 0.15) is 10.4 Å². The summed E-state index contributed by atoms with van der Waals surface area (Å²) in [5.74, 6) is 1.66. The summed E-state index contributed by atoms with van der Waals surface area (Å²) in [4.78, 5) is 38.8. The van der Waals surface area contributed by atoms with Crippen molar-refractivity contribution in [2.45, 2.75) is 0 Å². The summed E-state index contributed by atoms with van der Waals surface area (Å²) in [6, 6.07) is 21.2. The molecule has 10 nitrogen and oxygen atoms in total. The van der Waals surface area contributed by atoms with E-state index in [0.29, 0.717) is 28.1 Å². The molecule has 0 radical (unpaired) electrons. The molecule has 0 unspecified atom stereocenters. The lowest BCUT2D eigenvalue weighted by Gasteiger charge is -2.06. The lowest BCUT2D eigenvalue weighted by atomic mass is 10.2. The van der Waals surface area contributed by atoms with E-state index in [9.17, 15) is 9.59 Å². The predicted molar refractivity (Wildman–Crippen MR) is 125 cm³/mol. The van der Waals surface area contributed by atoms with Crippen molar-refractivity contribution in [2.75, 3.05) is 10.6 Å². The molecule has 34 heavy (non-hydrogen) atoms. The Balaban J connectivity index is 1.27. The third-order valence-electron chi connectivity index (χ3n) is 4.72. The molecule has 0 aliphatic heterocycles. The lowest BCUT2D eigenvalue weighted by molar-refractivity contribution is 0.102. The van der Waals surface area contributed by atoms with Gasteiger partial charge in [0.25, 0.3) is 5.91 Å². The van der Waals surface area contributed by atoms with Gasteiger partial charge in [-0.15, -0.1) is 0 Å². The molecule has 0 aliphatic carbocycles. The molecular formula is C24H18N6O4. The second-order valence-electron chi connectivity index (χ2n) is 7.08. The largest absolute Gasteiger partial charge is 0.457 e. The van der Waals surface area contributed by atoms with Crippen LogP contribution in [0, 0.1) is 0 Å². The van der Waals surface area contributed by atoms with Gasteiger partial charge in [0.05, 0.1) is 5.52 Å². The molecule has 0 atom stereocenters. The molecule has 3 aromatic carbocycles. The Hall–Kier alpha value is -5.12. The number of para-hydroxylation sites is 2. The Kier molecular flexibility index (Phi) is 5.60. The van der Waals surface area contributed by atoms with Crippen molar-refractivity contribution in [1.29, 1.82) is 0 Å². The normalized spacial score (nSPS) is 10.6. The first-order valence-corrected chi connectivity index (χ1v) is 10.3. The summed E-state index contributed by atoms with van der Waals surface area (Å²) < 4.78 is 11.1. The maximum absolute atomic E-state index is 12.7. The van der Waals surface area contributed by atoms with Crippen LogP contribution in [0.5, 0.6) is 17.2 Å². The van der Waals surface area contributed by atoms with Gasteiger partial charge in [0, 0.05) is 18.0 Å². The quantitative estimate of drug-likeness (QED) is 0.287. The van der Waals surface area contributed by atoms with E-state index in [4.69, 9.17) is 9.47 Å². The molecule has 168 valence electrons. The van der Waals surface area contributed by atoms with E-state index in [1.54, 1.807) is 48.7 Å². The molecule has 5 aromatic rings. The molecule has 4 N–H and O–H groups in total. The van der Waals surface area contributed by atoms with E-state index in [2.05, 4.69) is 30.6 Å². The molecule has 2 amide bonds. The highest BCUT2D eigenvalue weighted by atomic mass is 16.6. The first-order chi connectivity index (χ1) is 16.6. The zero-order valence-electron chi connectivity index (χ0n) is 17.6. The van der Waals surface area contributed by atoms with Crippen LogP contribution in [0.2, 0.25) is 0 Å². The summed E-state index contributed by atoms with van der Waals surface area (Å²) in [5.41, 5.74) is 1.40. The molecule has 0 spiro atoms. The van der Waals surface area contributed by atoms with Gasteiger partial charge in [0.2, 0.25) is 11.9 Å². The number of imidazole rings is 2. The number of nitrogens with zero attached hydrogens (tertiary/aromatic N) is 2. The summed E-state index contributed by atoms with van der Waals surface area (Å²) in [7, 11) is 0. The van der Waals surface area contributed by atoms with Crippen LogP contribution >= 0.6 is 0 Å². The highest BCUT2D eigenvalue weighted by Gasteiger charge is 2.15. The van der Waals surface area contributed by atoms with Gasteiger partial charge >= 0.3 is 6.09 Å². The molecular weight excluding hydrogens is 436 g/mol. The minimum absolute atomic E-state index is 0.215. The van der Waals surface area contributed by atoms with Crippen molar-refractivity contribution in [2.24, 2.45) is 0 Å². The number of aromatic nitrogens is 4. The van der Waals surface area contributed by atoms with E-state index in [1.165, 1.54) is 6.20 Å². The number of anilines is 2. The van der Waals surface area contributed by atoms with E-state index >= 15 is 0 Å². The molecule has 0 fully saturated rings. The van der Waals surface area contributed by atoms with Gasteiger partial charge in [-0.1, -0.05) is 24.3 Å². The van der Waals surface area contributed by atoms with Crippen LogP contribution in [0.15, 0.2) is 85.2 Å². The fourth-order valence-corrected chi connectivity index (χ4v) is 3.18. The molecule has 0 bridgehead atoms. The van der Waals surface area contributed by atoms with E-state index in [1.807, 2.05) is 30.3 Å². The number of amides is 2. The molecule has 0 aliphatic rings. The second kappa shape index (κ2) is 9.17. The zero-order chi connectivity index (χ0) is 23.3. The van der Waals surface area contributed by atoms with Crippen LogP contribution < -0.4 is 20.1 Å². The Morgan fingerprint density at radius 2 is 1.62 bits per heavy atom. The Morgan fingerprint density at radius 3 is 2.38 bits per heavy atom. The SMILES string of the molecule is O=C(Nc1ncc[nH]1)Oc1cccc2[nH]c(NC(=O)c3ccc(Oc4ccccc4)cc3)nc12. The number of aromatic amines is 2. The van der Waals surface area contributed by atoms with Gasteiger partial charge in [-0.2, -0.15) is 0 Å². The highest BCUT2D eigenvalue weighted by Crippen LogP contribution is 2.26. The molecule has 2 heterocycles. The third kappa shape index (κ3) is 4.70. The maximum Gasteiger partial charge on any atom is 0.419 e. The smallest absolute Gasteiger partial charge is 0.419 e.